The summed E-state index contributed by atoms with van der Waals surface area (Å²) in [5, 5.41) is 5.74. The van der Waals surface area contributed by atoms with Gasteiger partial charge in [0, 0.05) is 0 Å². The van der Waals surface area contributed by atoms with Gasteiger partial charge in [0.2, 0.25) is 0 Å². The molecule has 2 aromatic rings. The van der Waals surface area contributed by atoms with Gasteiger partial charge in [0.15, 0.2) is 0 Å². The zero-order chi connectivity index (χ0) is 11.0. The van der Waals surface area contributed by atoms with Gasteiger partial charge in [-0.25, -0.2) is 0 Å². The second-order valence-electron chi connectivity index (χ2n) is 3.00. The molecule has 1 heterocycles. The van der Waals surface area contributed by atoms with Crippen molar-refractivity contribution < 1.29 is 0 Å². The maximum Gasteiger partial charge on any atom is 0.273 e. The molecule has 0 radical (unpaired) electrons. The van der Waals surface area contributed by atoms with Crippen molar-refractivity contribution in [1.29, 1.82) is 0 Å². The van der Waals surface area contributed by atoms with Crippen LogP contribution in [-0.2, 0) is 0 Å². The Hall–Kier alpha value is -1.39. The van der Waals surface area contributed by atoms with Crippen LogP contribution >= 0.6 is 23.2 Å². The van der Waals surface area contributed by atoms with Crippen molar-refractivity contribution in [3.8, 4) is 11.1 Å². The van der Waals surface area contributed by atoms with Gasteiger partial charge in [-0.3, -0.25) is 15.0 Å². The van der Waals surface area contributed by atoms with Crippen LogP contribution in [-0.4, -0.2) is 10.2 Å². The first-order chi connectivity index (χ1) is 7.09. The first-order valence-electron chi connectivity index (χ1n) is 4.11. The molecule has 0 atom stereocenters. The molecule has 4 nitrogen and oxygen atoms in total. The van der Waals surface area contributed by atoms with Gasteiger partial charge < -0.3 is 5.73 Å². The Kier molecular flexibility index (Phi) is 2.46. The molecule has 0 fully saturated rings. The number of anilines is 1. The van der Waals surface area contributed by atoms with E-state index < -0.39 is 0 Å². The molecule has 0 aliphatic carbocycles. The van der Waals surface area contributed by atoms with Crippen LogP contribution < -0.4 is 11.3 Å². The molecular formula is C9H7Cl2N3O. The number of rotatable bonds is 1. The Labute approximate surface area is 95.0 Å². The van der Waals surface area contributed by atoms with Gasteiger partial charge in [0.1, 0.15) is 5.82 Å². The average molecular weight is 244 g/mol. The molecule has 0 aliphatic heterocycles. The highest BCUT2D eigenvalue weighted by atomic mass is 35.5. The normalized spacial score (nSPS) is 10.5. The zero-order valence-corrected chi connectivity index (χ0v) is 8.99. The highest BCUT2D eigenvalue weighted by Gasteiger charge is 2.10. The number of aromatic amines is 2. The third-order valence-electron chi connectivity index (χ3n) is 2.02. The molecule has 0 spiro atoms. The number of halogens is 2. The SMILES string of the molecule is Nc1[nH][nH]c(=O)c1-c1ccc(Cl)c(Cl)c1. The summed E-state index contributed by atoms with van der Waals surface area (Å²) in [6.45, 7) is 0. The predicted molar refractivity (Wildman–Crippen MR) is 61.3 cm³/mol. The van der Waals surface area contributed by atoms with Crippen LogP contribution in [0.15, 0.2) is 23.0 Å². The fraction of sp³-hybridized carbons (Fsp3) is 0. The molecule has 1 aromatic heterocycles. The first kappa shape index (κ1) is 10.1. The molecule has 0 unspecified atom stereocenters. The van der Waals surface area contributed by atoms with Gasteiger partial charge in [-0.15, -0.1) is 0 Å². The third-order valence-corrected chi connectivity index (χ3v) is 2.75. The molecule has 4 N–H and O–H groups in total. The summed E-state index contributed by atoms with van der Waals surface area (Å²) in [6, 6.07) is 4.90. The van der Waals surface area contributed by atoms with Crippen molar-refractivity contribution in [3.63, 3.8) is 0 Å². The molecule has 78 valence electrons. The highest BCUT2D eigenvalue weighted by Crippen LogP contribution is 2.28. The van der Waals surface area contributed by atoms with Gasteiger partial charge in [0.05, 0.1) is 15.6 Å². The Morgan fingerprint density at radius 3 is 2.40 bits per heavy atom. The van der Waals surface area contributed by atoms with Gasteiger partial charge in [0.25, 0.3) is 5.56 Å². The number of hydrogen-bond acceptors (Lipinski definition) is 2. The maximum absolute atomic E-state index is 11.4. The molecule has 1 aromatic carbocycles. The maximum atomic E-state index is 11.4. The smallest absolute Gasteiger partial charge is 0.273 e. The lowest BCUT2D eigenvalue weighted by molar-refractivity contribution is 1.06. The molecular weight excluding hydrogens is 237 g/mol. The highest BCUT2D eigenvalue weighted by molar-refractivity contribution is 6.42. The summed E-state index contributed by atoms with van der Waals surface area (Å²) in [4.78, 5) is 11.4. The van der Waals surface area contributed by atoms with Crippen LogP contribution in [0.4, 0.5) is 5.82 Å². The minimum absolute atomic E-state index is 0.276. The Morgan fingerprint density at radius 1 is 1.13 bits per heavy atom. The lowest BCUT2D eigenvalue weighted by Gasteiger charge is -2.00. The van der Waals surface area contributed by atoms with Crippen molar-refractivity contribution in [2.75, 3.05) is 5.73 Å². The van der Waals surface area contributed by atoms with Gasteiger partial charge in [-0.05, 0) is 17.7 Å². The summed E-state index contributed by atoms with van der Waals surface area (Å²) in [7, 11) is 0. The minimum Gasteiger partial charge on any atom is -0.383 e. The summed E-state index contributed by atoms with van der Waals surface area (Å²) in [6.07, 6.45) is 0. The molecule has 6 heteroatoms. The summed E-state index contributed by atoms with van der Waals surface area (Å²) < 4.78 is 0. The number of H-pyrrole nitrogens is 2. The standard InChI is InChI=1S/C9H7Cl2N3O/c10-5-2-1-4(3-6(5)11)7-8(12)13-14-9(7)15/h1-3H,(H4,12,13,14,15). The number of nitrogens with two attached hydrogens (primary N) is 1. The summed E-state index contributed by atoms with van der Waals surface area (Å²) >= 11 is 11.6. The second-order valence-corrected chi connectivity index (χ2v) is 3.81. The number of aromatic nitrogens is 2. The van der Waals surface area contributed by atoms with E-state index in [1.165, 1.54) is 0 Å². The van der Waals surface area contributed by atoms with E-state index in [2.05, 4.69) is 10.2 Å². The zero-order valence-electron chi connectivity index (χ0n) is 7.47. The second kappa shape index (κ2) is 3.64. The van der Waals surface area contributed by atoms with Crippen molar-refractivity contribution >= 4 is 29.0 Å². The van der Waals surface area contributed by atoms with E-state index in [-0.39, 0.29) is 11.4 Å². The fourth-order valence-corrected chi connectivity index (χ4v) is 1.61. The number of hydrogen-bond donors (Lipinski definition) is 3. The predicted octanol–water partition coefficient (Wildman–Crippen LogP) is 2.26. The molecule has 0 saturated heterocycles. The van der Waals surface area contributed by atoms with E-state index >= 15 is 0 Å². The van der Waals surface area contributed by atoms with E-state index in [1.807, 2.05) is 0 Å². The van der Waals surface area contributed by atoms with Crippen molar-refractivity contribution in [3.05, 3.63) is 38.6 Å². The molecule has 0 aliphatic rings. The van der Waals surface area contributed by atoms with Crippen molar-refractivity contribution in [2.24, 2.45) is 0 Å². The first-order valence-corrected chi connectivity index (χ1v) is 4.86. The molecule has 2 rings (SSSR count). The summed E-state index contributed by atoms with van der Waals surface area (Å²) in [5.41, 5.74) is 6.31. The third kappa shape index (κ3) is 1.73. The Balaban J connectivity index is 2.65. The van der Waals surface area contributed by atoms with Crippen LogP contribution in [0, 0.1) is 0 Å². The molecule has 0 bridgehead atoms. The van der Waals surface area contributed by atoms with Gasteiger partial charge >= 0.3 is 0 Å². The van der Waals surface area contributed by atoms with Crippen LogP contribution in [0.2, 0.25) is 10.0 Å². The molecule has 0 saturated carbocycles. The van der Waals surface area contributed by atoms with E-state index in [0.717, 1.165) is 0 Å². The monoisotopic (exact) mass is 243 g/mol. The van der Waals surface area contributed by atoms with E-state index in [9.17, 15) is 4.79 Å². The Morgan fingerprint density at radius 2 is 1.87 bits per heavy atom. The van der Waals surface area contributed by atoms with Crippen molar-refractivity contribution in [1.82, 2.24) is 10.2 Å². The quantitative estimate of drug-likeness (QED) is 0.719. The van der Waals surface area contributed by atoms with Gasteiger partial charge in [-0.2, -0.15) is 0 Å². The van der Waals surface area contributed by atoms with Crippen LogP contribution in [0.5, 0.6) is 0 Å². The largest absolute Gasteiger partial charge is 0.383 e. The number of nitrogens with one attached hydrogen (secondary N) is 2. The average Bonchev–Trinajstić information content (AvgIpc) is 2.52. The lowest BCUT2D eigenvalue weighted by atomic mass is 10.1. The van der Waals surface area contributed by atoms with Crippen molar-refractivity contribution in [2.45, 2.75) is 0 Å². The number of nitrogen functional groups attached to an aromatic ring is 1. The minimum atomic E-state index is -0.286. The fourth-order valence-electron chi connectivity index (χ4n) is 1.31. The topological polar surface area (TPSA) is 74.7 Å². The summed E-state index contributed by atoms with van der Waals surface area (Å²) in [5.74, 6) is 0.276. The number of benzene rings is 1. The van der Waals surface area contributed by atoms with E-state index in [1.54, 1.807) is 18.2 Å². The molecule has 0 amide bonds. The van der Waals surface area contributed by atoms with Crippen LogP contribution in [0.1, 0.15) is 0 Å². The van der Waals surface area contributed by atoms with Crippen LogP contribution in [0.25, 0.3) is 11.1 Å². The molecule has 15 heavy (non-hydrogen) atoms. The lowest BCUT2D eigenvalue weighted by Crippen LogP contribution is -2.02. The Bertz CT molecular complexity index is 559. The van der Waals surface area contributed by atoms with E-state index in [4.69, 9.17) is 28.9 Å². The van der Waals surface area contributed by atoms with Crippen LogP contribution in [0.3, 0.4) is 0 Å². The van der Waals surface area contributed by atoms with Gasteiger partial charge in [-0.1, -0.05) is 29.3 Å². The van der Waals surface area contributed by atoms with E-state index in [0.29, 0.717) is 21.2 Å².